The van der Waals surface area contributed by atoms with Crippen LogP contribution < -0.4 is 4.57 Å². The number of aryl methyl sites for hydroxylation is 4. The standard InChI is InChI=1S/C42H72N/c1-3-5-7-9-11-13-15-17-19-21-23-28-34-41-36-38-43(37-30-33-40-31-26-25-27-32-40)39-42(41)35-29-24-22-20-18-16-14-12-10-8-6-4-2/h25-27,31-32,36,38-39H,3-24,28-30,33-35,37H2,1-2H3/q+1. The molecule has 0 aliphatic heterocycles. The summed E-state index contributed by atoms with van der Waals surface area (Å²) in [4.78, 5) is 0. The fraction of sp³-hybridized carbons (Fsp3) is 0.738. The van der Waals surface area contributed by atoms with Gasteiger partial charge in [-0.1, -0.05) is 185 Å². The molecule has 1 nitrogen and oxygen atoms in total. The summed E-state index contributed by atoms with van der Waals surface area (Å²) in [6.07, 6.45) is 44.1. The number of pyridine rings is 1. The van der Waals surface area contributed by atoms with E-state index in [0.717, 1.165) is 6.54 Å². The molecule has 1 heteroatoms. The molecular weight excluding hydrogens is 518 g/mol. The van der Waals surface area contributed by atoms with Crippen molar-refractivity contribution in [3.05, 3.63) is 65.5 Å². The van der Waals surface area contributed by atoms with E-state index in [1.54, 1.807) is 11.1 Å². The van der Waals surface area contributed by atoms with Crippen molar-refractivity contribution in [1.29, 1.82) is 0 Å². The normalized spacial score (nSPS) is 11.4. The van der Waals surface area contributed by atoms with Crippen LogP contribution in [0.5, 0.6) is 0 Å². The highest BCUT2D eigenvalue weighted by molar-refractivity contribution is 5.21. The first-order valence-electron chi connectivity index (χ1n) is 19.4. The maximum Gasteiger partial charge on any atom is 0.172 e. The number of nitrogens with zero attached hydrogens (tertiary/aromatic N) is 1. The molecule has 0 atom stereocenters. The predicted molar refractivity (Wildman–Crippen MR) is 191 cm³/mol. The first-order valence-corrected chi connectivity index (χ1v) is 19.4. The van der Waals surface area contributed by atoms with Crippen molar-refractivity contribution in [2.45, 2.75) is 200 Å². The van der Waals surface area contributed by atoms with Crippen molar-refractivity contribution in [2.75, 3.05) is 0 Å². The van der Waals surface area contributed by atoms with Crippen molar-refractivity contribution in [3.8, 4) is 0 Å². The topological polar surface area (TPSA) is 3.88 Å². The number of benzene rings is 1. The van der Waals surface area contributed by atoms with E-state index in [-0.39, 0.29) is 0 Å². The van der Waals surface area contributed by atoms with E-state index in [1.165, 1.54) is 185 Å². The first kappa shape index (κ1) is 37.6. The molecule has 0 spiro atoms. The molecule has 1 aromatic heterocycles. The Bertz CT molecular complexity index is 856. The zero-order chi connectivity index (χ0) is 30.5. The predicted octanol–water partition coefficient (Wildman–Crippen LogP) is 13.1. The molecule has 43 heavy (non-hydrogen) atoms. The van der Waals surface area contributed by atoms with Crippen molar-refractivity contribution in [2.24, 2.45) is 0 Å². The lowest BCUT2D eigenvalue weighted by Gasteiger charge is -2.10. The third-order valence-electron chi connectivity index (χ3n) is 9.53. The molecule has 2 aromatic rings. The fourth-order valence-electron chi connectivity index (χ4n) is 6.65. The van der Waals surface area contributed by atoms with E-state index in [9.17, 15) is 0 Å². The Morgan fingerprint density at radius 2 is 0.814 bits per heavy atom. The van der Waals surface area contributed by atoms with Crippen LogP contribution in [0.4, 0.5) is 0 Å². The van der Waals surface area contributed by atoms with Crippen LogP contribution in [0.15, 0.2) is 48.8 Å². The van der Waals surface area contributed by atoms with Gasteiger partial charge in [-0.25, -0.2) is 4.57 Å². The van der Waals surface area contributed by atoms with Crippen molar-refractivity contribution >= 4 is 0 Å². The van der Waals surface area contributed by atoms with E-state index >= 15 is 0 Å². The summed E-state index contributed by atoms with van der Waals surface area (Å²) in [7, 11) is 0. The van der Waals surface area contributed by atoms with Crippen LogP contribution in [0.25, 0.3) is 0 Å². The Hall–Kier alpha value is -1.63. The molecule has 0 N–H and O–H groups in total. The van der Waals surface area contributed by atoms with Gasteiger partial charge in [0.05, 0.1) is 0 Å². The van der Waals surface area contributed by atoms with E-state index < -0.39 is 0 Å². The molecule has 2 rings (SSSR count). The van der Waals surface area contributed by atoms with Gasteiger partial charge in [0.15, 0.2) is 12.4 Å². The Labute approximate surface area is 269 Å². The zero-order valence-corrected chi connectivity index (χ0v) is 29.1. The van der Waals surface area contributed by atoms with Crippen molar-refractivity contribution in [3.63, 3.8) is 0 Å². The van der Waals surface area contributed by atoms with Crippen LogP contribution in [0.2, 0.25) is 0 Å². The van der Waals surface area contributed by atoms with Crippen LogP contribution in [-0.4, -0.2) is 0 Å². The van der Waals surface area contributed by atoms with Gasteiger partial charge in [0.1, 0.15) is 6.54 Å². The Morgan fingerprint density at radius 1 is 0.395 bits per heavy atom. The number of rotatable bonds is 30. The summed E-state index contributed by atoms with van der Waals surface area (Å²) < 4.78 is 2.48. The van der Waals surface area contributed by atoms with Crippen LogP contribution in [0.3, 0.4) is 0 Å². The Morgan fingerprint density at radius 3 is 1.28 bits per heavy atom. The maximum absolute atomic E-state index is 2.51. The quantitative estimate of drug-likeness (QED) is 0.0629. The summed E-state index contributed by atoms with van der Waals surface area (Å²) in [5.74, 6) is 0. The van der Waals surface area contributed by atoms with Crippen molar-refractivity contribution < 1.29 is 4.57 Å². The number of aromatic nitrogens is 1. The lowest BCUT2D eigenvalue weighted by atomic mass is 9.97. The SMILES string of the molecule is CCCCCCCCCCCCCCc1cc[n+](CCCc2ccccc2)cc1CCCCCCCCCCCCCC. The molecule has 244 valence electrons. The van der Waals surface area contributed by atoms with Crippen LogP contribution in [0, 0.1) is 0 Å². The van der Waals surface area contributed by atoms with Gasteiger partial charge in [-0.05, 0) is 43.2 Å². The van der Waals surface area contributed by atoms with Gasteiger partial charge >= 0.3 is 0 Å². The van der Waals surface area contributed by atoms with Crippen molar-refractivity contribution in [1.82, 2.24) is 0 Å². The fourth-order valence-corrected chi connectivity index (χ4v) is 6.65. The highest BCUT2D eigenvalue weighted by Gasteiger charge is 2.10. The van der Waals surface area contributed by atoms with Gasteiger partial charge in [-0.2, -0.15) is 0 Å². The lowest BCUT2D eigenvalue weighted by molar-refractivity contribution is -0.697. The average molecular weight is 591 g/mol. The maximum atomic E-state index is 2.51. The summed E-state index contributed by atoms with van der Waals surface area (Å²) in [6, 6.07) is 13.5. The minimum atomic E-state index is 1.12. The molecule has 0 radical (unpaired) electrons. The molecule has 0 aliphatic rings. The zero-order valence-electron chi connectivity index (χ0n) is 29.1. The van der Waals surface area contributed by atoms with Gasteiger partial charge in [0, 0.05) is 18.1 Å². The molecule has 0 amide bonds. The van der Waals surface area contributed by atoms with Gasteiger partial charge < -0.3 is 0 Å². The van der Waals surface area contributed by atoms with E-state index in [4.69, 9.17) is 0 Å². The largest absolute Gasteiger partial charge is 0.205 e. The van der Waals surface area contributed by atoms with Gasteiger partial charge in [-0.3, -0.25) is 0 Å². The highest BCUT2D eigenvalue weighted by Crippen LogP contribution is 2.18. The third kappa shape index (κ3) is 20.9. The molecule has 1 heterocycles. The molecule has 0 saturated carbocycles. The average Bonchev–Trinajstić information content (AvgIpc) is 3.03. The van der Waals surface area contributed by atoms with Gasteiger partial charge in [0.2, 0.25) is 0 Å². The first-order chi connectivity index (χ1) is 21.3. The number of hydrogen-bond acceptors (Lipinski definition) is 0. The summed E-state index contributed by atoms with van der Waals surface area (Å²) in [5.41, 5.74) is 4.73. The minimum absolute atomic E-state index is 1.12. The second-order valence-electron chi connectivity index (χ2n) is 13.6. The van der Waals surface area contributed by atoms with E-state index in [1.807, 2.05) is 0 Å². The lowest BCUT2D eigenvalue weighted by Crippen LogP contribution is -2.34. The van der Waals surface area contributed by atoms with Crippen LogP contribution in [-0.2, 0) is 25.8 Å². The second-order valence-corrected chi connectivity index (χ2v) is 13.6. The second kappa shape index (κ2) is 27.9. The molecule has 0 aliphatic carbocycles. The number of hydrogen-bond donors (Lipinski definition) is 0. The summed E-state index contributed by atoms with van der Waals surface area (Å²) >= 11 is 0. The Kier molecular flexibility index (Phi) is 24.4. The van der Waals surface area contributed by atoms with Gasteiger partial charge in [-0.15, -0.1) is 0 Å². The number of unbranched alkanes of at least 4 members (excludes halogenated alkanes) is 22. The van der Waals surface area contributed by atoms with E-state index in [2.05, 4.69) is 67.2 Å². The molecule has 1 aromatic carbocycles. The molecule has 0 unspecified atom stereocenters. The molecule has 0 fully saturated rings. The highest BCUT2D eigenvalue weighted by atomic mass is 14.9. The Balaban J connectivity index is 1.67. The minimum Gasteiger partial charge on any atom is -0.205 e. The smallest absolute Gasteiger partial charge is 0.172 e. The molecule has 0 bridgehead atoms. The van der Waals surface area contributed by atoms with Crippen LogP contribution in [0.1, 0.15) is 191 Å². The summed E-state index contributed by atoms with van der Waals surface area (Å²) in [6.45, 7) is 5.74. The summed E-state index contributed by atoms with van der Waals surface area (Å²) in [5, 5.41) is 0. The van der Waals surface area contributed by atoms with E-state index in [0.29, 0.717) is 0 Å². The van der Waals surface area contributed by atoms with Gasteiger partial charge in [0.25, 0.3) is 0 Å². The molecular formula is C42H72N+. The monoisotopic (exact) mass is 591 g/mol. The third-order valence-corrected chi connectivity index (χ3v) is 9.53. The molecule has 0 saturated heterocycles. The van der Waals surface area contributed by atoms with Crippen LogP contribution >= 0.6 is 0 Å².